The van der Waals surface area contributed by atoms with Gasteiger partial charge in [0.25, 0.3) is 0 Å². The number of hydrogen-bond acceptors (Lipinski definition) is 2. The Balaban J connectivity index is 2.10. The molecule has 0 heterocycles. The van der Waals surface area contributed by atoms with E-state index >= 15 is 0 Å². The Labute approximate surface area is 101 Å². The molecule has 2 heteroatoms. The summed E-state index contributed by atoms with van der Waals surface area (Å²) in [5, 5.41) is 3.37. The van der Waals surface area contributed by atoms with Gasteiger partial charge in [-0.2, -0.15) is 0 Å². The Bertz CT molecular complexity index is 181. The molecule has 1 atom stereocenters. The van der Waals surface area contributed by atoms with Crippen molar-refractivity contribution in [3.8, 4) is 0 Å². The maximum Gasteiger partial charge on any atom is 0.0575 e. The van der Waals surface area contributed by atoms with Crippen molar-refractivity contribution in [2.75, 3.05) is 19.7 Å². The summed E-state index contributed by atoms with van der Waals surface area (Å²) in [6.07, 6.45) is 5.66. The highest BCUT2D eigenvalue weighted by Gasteiger charge is 2.27. The van der Waals surface area contributed by atoms with Crippen molar-refractivity contribution in [2.45, 2.75) is 59.5 Å². The van der Waals surface area contributed by atoms with Crippen LogP contribution in [0.5, 0.6) is 0 Å². The van der Waals surface area contributed by atoms with E-state index in [0.717, 1.165) is 19.7 Å². The zero-order chi connectivity index (χ0) is 12.0. The van der Waals surface area contributed by atoms with Crippen molar-refractivity contribution in [2.24, 2.45) is 11.3 Å². The molecule has 1 aliphatic rings. The lowest BCUT2D eigenvalue weighted by atomic mass is 9.76. The van der Waals surface area contributed by atoms with Crippen LogP contribution >= 0.6 is 0 Å². The van der Waals surface area contributed by atoms with E-state index in [0.29, 0.717) is 17.4 Å². The number of ether oxygens (including phenoxy) is 1. The normalized spacial score (nSPS) is 23.2. The third kappa shape index (κ3) is 5.31. The van der Waals surface area contributed by atoms with Crippen LogP contribution in [-0.4, -0.2) is 25.8 Å². The fourth-order valence-electron chi connectivity index (χ4n) is 2.29. The van der Waals surface area contributed by atoms with Gasteiger partial charge in [-0.05, 0) is 50.1 Å². The molecule has 1 aliphatic carbocycles. The summed E-state index contributed by atoms with van der Waals surface area (Å²) >= 11 is 0. The predicted molar refractivity (Wildman–Crippen MR) is 69.7 cm³/mol. The second-order valence-corrected chi connectivity index (χ2v) is 6.11. The van der Waals surface area contributed by atoms with Gasteiger partial charge in [-0.15, -0.1) is 0 Å². The molecule has 16 heavy (non-hydrogen) atoms. The molecule has 0 radical (unpaired) electrons. The van der Waals surface area contributed by atoms with E-state index < -0.39 is 0 Å². The van der Waals surface area contributed by atoms with Gasteiger partial charge in [-0.25, -0.2) is 0 Å². The molecular weight excluding hydrogens is 198 g/mol. The molecule has 1 unspecified atom stereocenters. The molecule has 0 aromatic carbocycles. The van der Waals surface area contributed by atoms with Crippen LogP contribution in [0.1, 0.15) is 53.4 Å². The standard InChI is InChI=1S/C14H29NO/c1-5-15-10-12(2)11-16-13-6-8-14(3,4)9-7-13/h12-13,15H,5-11H2,1-4H3. The van der Waals surface area contributed by atoms with E-state index in [2.05, 4.69) is 33.0 Å². The van der Waals surface area contributed by atoms with Gasteiger partial charge in [0.1, 0.15) is 0 Å². The lowest BCUT2D eigenvalue weighted by molar-refractivity contribution is -0.00952. The van der Waals surface area contributed by atoms with Crippen molar-refractivity contribution in [1.29, 1.82) is 0 Å². The van der Waals surface area contributed by atoms with Crippen LogP contribution < -0.4 is 5.32 Å². The van der Waals surface area contributed by atoms with Gasteiger partial charge in [0.15, 0.2) is 0 Å². The first-order valence-electron chi connectivity index (χ1n) is 6.86. The molecule has 0 amide bonds. The quantitative estimate of drug-likeness (QED) is 0.752. The summed E-state index contributed by atoms with van der Waals surface area (Å²) in [6, 6.07) is 0. The molecule has 1 rings (SSSR count). The largest absolute Gasteiger partial charge is 0.378 e. The Hall–Kier alpha value is -0.0800. The highest BCUT2D eigenvalue weighted by molar-refractivity contribution is 4.78. The van der Waals surface area contributed by atoms with Gasteiger partial charge in [0, 0.05) is 0 Å². The highest BCUT2D eigenvalue weighted by Crippen LogP contribution is 2.36. The first-order valence-corrected chi connectivity index (χ1v) is 6.86. The van der Waals surface area contributed by atoms with Crippen LogP contribution in [0, 0.1) is 11.3 Å². The summed E-state index contributed by atoms with van der Waals surface area (Å²) in [4.78, 5) is 0. The SMILES string of the molecule is CCNCC(C)COC1CCC(C)(C)CC1. The summed E-state index contributed by atoms with van der Waals surface area (Å²) in [7, 11) is 0. The molecule has 1 fully saturated rings. The van der Waals surface area contributed by atoms with E-state index in [-0.39, 0.29) is 0 Å². The zero-order valence-electron chi connectivity index (χ0n) is 11.5. The van der Waals surface area contributed by atoms with Crippen LogP contribution in [0.3, 0.4) is 0 Å². The average molecular weight is 227 g/mol. The summed E-state index contributed by atoms with van der Waals surface area (Å²) in [6.45, 7) is 12.2. The minimum absolute atomic E-state index is 0.525. The van der Waals surface area contributed by atoms with Crippen LogP contribution in [-0.2, 0) is 4.74 Å². The first kappa shape index (κ1) is 14.0. The van der Waals surface area contributed by atoms with Gasteiger partial charge in [0.05, 0.1) is 12.7 Å². The molecule has 1 saturated carbocycles. The van der Waals surface area contributed by atoms with Crippen molar-refractivity contribution in [3.63, 3.8) is 0 Å². The zero-order valence-corrected chi connectivity index (χ0v) is 11.5. The van der Waals surface area contributed by atoms with Crippen molar-refractivity contribution in [3.05, 3.63) is 0 Å². The minimum Gasteiger partial charge on any atom is -0.378 e. The second kappa shape index (κ2) is 6.61. The number of rotatable bonds is 6. The summed E-state index contributed by atoms with van der Waals surface area (Å²) < 4.78 is 6.00. The monoisotopic (exact) mass is 227 g/mol. The van der Waals surface area contributed by atoms with Gasteiger partial charge < -0.3 is 10.1 Å². The maximum atomic E-state index is 6.00. The van der Waals surface area contributed by atoms with Crippen LogP contribution in [0.15, 0.2) is 0 Å². The molecule has 0 aliphatic heterocycles. The smallest absolute Gasteiger partial charge is 0.0575 e. The minimum atomic E-state index is 0.525. The lowest BCUT2D eigenvalue weighted by Crippen LogP contribution is -2.30. The number of hydrogen-bond donors (Lipinski definition) is 1. The predicted octanol–water partition coefficient (Wildman–Crippen LogP) is 3.22. The van der Waals surface area contributed by atoms with Gasteiger partial charge in [-0.3, -0.25) is 0 Å². The van der Waals surface area contributed by atoms with E-state index in [1.165, 1.54) is 25.7 Å². The number of nitrogens with one attached hydrogen (secondary N) is 1. The van der Waals surface area contributed by atoms with E-state index in [1.54, 1.807) is 0 Å². The van der Waals surface area contributed by atoms with Crippen LogP contribution in [0.25, 0.3) is 0 Å². The Kier molecular flexibility index (Phi) is 5.77. The summed E-state index contributed by atoms with van der Waals surface area (Å²) in [5.41, 5.74) is 0.551. The topological polar surface area (TPSA) is 21.3 Å². The summed E-state index contributed by atoms with van der Waals surface area (Å²) in [5.74, 6) is 0.634. The molecule has 0 aromatic rings. The third-order valence-corrected chi connectivity index (χ3v) is 3.65. The lowest BCUT2D eigenvalue weighted by Gasteiger charge is -2.34. The van der Waals surface area contributed by atoms with Crippen molar-refractivity contribution < 1.29 is 4.74 Å². The average Bonchev–Trinajstić information content (AvgIpc) is 2.25. The Morgan fingerprint density at radius 2 is 1.94 bits per heavy atom. The molecular formula is C14H29NO. The van der Waals surface area contributed by atoms with E-state index in [4.69, 9.17) is 4.74 Å². The van der Waals surface area contributed by atoms with Crippen LogP contribution in [0.2, 0.25) is 0 Å². The van der Waals surface area contributed by atoms with Crippen LogP contribution in [0.4, 0.5) is 0 Å². The molecule has 0 bridgehead atoms. The third-order valence-electron chi connectivity index (χ3n) is 3.65. The fraction of sp³-hybridized carbons (Fsp3) is 1.00. The molecule has 1 N–H and O–H groups in total. The van der Waals surface area contributed by atoms with Crippen molar-refractivity contribution in [1.82, 2.24) is 5.32 Å². The van der Waals surface area contributed by atoms with Gasteiger partial charge in [-0.1, -0.05) is 27.7 Å². The van der Waals surface area contributed by atoms with Crippen molar-refractivity contribution >= 4 is 0 Å². The fourth-order valence-corrected chi connectivity index (χ4v) is 2.29. The van der Waals surface area contributed by atoms with E-state index in [1.807, 2.05) is 0 Å². The first-order chi connectivity index (χ1) is 7.53. The van der Waals surface area contributed by atoms with E-state index in [9.17, 15) is 0 Å². The Morgan fingerprint density at radius 3 is 2.50 bits per heavy atom. The van der Waals surface area contributed by atoms with Gasteiger partial charge in [0.2, 0.25) is 0 Å². The maximum absolute atomic E-state index is 6.00. The van der Waals surface area contributed by atoms with Gasteiger partial charge >= 0.3 is 0 Å². The molecule has 2 nitrogen and oxygen atoms in total. The second-order valence-electron chi connectivity index (χ2n) is 6.11. The Morgan fingerprint density at radius 1 is 1.31 bits per heavy atom. The molecule has 0 aromatic heterocycles. The highest BCUT2D eigenvalue weighted by atomic mass is 16.5. The molecule has 0 saturated heterocycles. The molecule has 0 spiro atoms. The molecule has 96 valence electrons.